The van der Waals surface area contributed by atoms with Gasteiger partial charge in [-0.3, -0.25) is 0 Å². The minimum Gasteiger partial charge on any atom is -0.444 e. The van der Waals surface area contributed by atoms with E-state index in [1.54, 1.807) is 0 Å². The molecule has 1 aromatic rings. The Morgan fingerprint density at radius 2 is 1.80 bits per heavy atom. The number of ether oxygens (including phenoxy) is 1. The topological polar surface area (TPSA) is 74.2 Å². The van der Waals surface area contributed by atoms with E-state index < -0.39 is 5.60 Å². The Balaban J connectivity index is 2.62. The molecule has 1 amide bonds. The molecular formula is C25H41N3O2. The van der Waals surface area contributed by atoms with Crippen LogP contribution in [0.3, 0.4) is 0 Å². The second-order valence-electron chi connectivity index (χ2n) is 9.15. The van der Waals surface area contributed by atoms with Crippen molar-refractivity contribution in [2.75, 3.05) is 13.1 Å². The van der Waals surface area contributed by atoms with Crippen molar-refractivity contribution in [2.45, 2.75) is 91.2 Å². The van der Waals surface area contributed by atoms with E-state index in [-0.39, 0.29) is 12.1 Å². The fraction of sp³-hybridized carbons (Fsp3) is 0.680. The summed E-state index contributed by atoms with van der Waals surface area (Å²) in [4.78, 5) is 12.3. The quantitative estimate of drug-likeness (QED) is 0.412. The van der Waals surface area contributed by atoms with Crippen molar-refractivity contribution in [3.63, 3.8) is 0 Å². The number of nitrogens with one attached hydrogen (secondary N) is 2. The summed E-state index contributed by atoms with van der Waals surface area (Å²) in [5.74, 6) is 0.728. The molecule has 0 saturated carbocycles. The molecule has 0 spiro atoms. The van der Waals surface area contributed by atoms with Gasteiger partial charge in [0.15, 0.2) is 0 Å². The van der Waals surface area contributed by atoms with Crippen LogP contribution in [0.15, 0.2) is 24.3 Å². The van der Waals surface area contributed by atoms with Crippen LogP contribution < -0.4 is 10.6 Å². The van der Waals surface area contributed by atoms with Crippen LogP contribution in [-0.2, 0) is 11.2 Å². The molecule has 30 heavy (non-hydrogen) atoms. The molecule has 0 heterocycles. The summed E-state index contributed by atoms with van der Waals surface area (Å²) in [6.07, 6.45) is 7.44. The maximum Gasteiger partial charge on any atom is 0.407 e. The van der Waals surface area contributed by atoms with Crippen molar-refractivity contribution in [3.05, 3.63) is 35.4 Å². The molecule has 0 saturated heterocycles. The van der Waals surface area contributed by atoms with Gasteiger partial charge >= 0.3 is 6.09 Å². The summed E-state index contributed by atoms with van der Waals surface area (Å²) in [5.41, 5.74) is 1.22. The van der Waals surface area contributed by atoms with Crippen molar-refractivity contribution >= 4 is 6.09 Å². The lowest BCUT2D eigenvalue weighted by Gasteiger charge is -2.24. The minimum atomic E-state index is -0.520. The third kappa shape index (κ3) is 11.8. The van der Waals surface area contributed by atoms with Gasteiger partial charge in [0, 0.05) is 6.04 Å². The van der Waals surface area contributed by atoms with Crippen LogP contribution in [0.1, 0.15) is 84.3 Å². The zero-order valence-corrected chi connectivity index (χ0v) is 19.6. The molecule has 1 unspecified atom stereocenters. The average molecular weight is 416 g/mol. The Labute approximate surface area is 183 Å². The van der Waals surface area contributed by atoms with Crippen LogP contribution in [0.25, 0.3) is 0 Å². The molecule has 0 aliphatic heterocycles. The van der Waals surface area contributed by atoms with Gasteiger partial charge < -0.3 is 15.4 Å². The van der Waals surface area contributed by atoms with Gasteiger partial charge in [0.25, 0.3) is 0 Å². The zero-order chi connectivity index (χ0) is 22.4. The smallest absolute Gasteiger partial charge is 0.407 e. The maximum absolute atomic E-state index is 12.3. The van der Waals surface area contributed by atoms with E-state index in [1.165, 1.54) is 32.1 Å². The van der Waals surface area contributed by atoms with Crippen LogP contribution in [0, 0.1) is 17.2 Å². The number of nitriles is 1. The monoisotopic (exact) mass is 415 g/mol. The lowest BCUT2D eigenvalue weighted by atomic mass is 9.97. The predicted octanol–water partition coefficient (Wildman–Crippen LogP) is 5.58. The van der Waals surface area contributed by atoms with E-state index in [4.69, 9.17) is 10.00 Å². The lowest BCUT2D eigenvalue weighted by Crippen LogP contribution is -2.42. The van der Waals surface area contributed by atoms with Gasteiger partial charge in [-0.25, -0.2) is 4.79 Å². The Bertz CT molecular complexity index is 644. The highest BCUT2D eigenvalue weighted by Crippen LogP contribution is 2.14. The highest BCUT2D eigenvalue weighted by Gasteiger charge is 2.20. The van der Waals surface area contributed by atoms with Gasteiger partial charge in [0.2, 0.25) is 0 Å². The van der Waals surface area contributed by atoms with Crippen LogP contribution in [-0.4, -0.2) is 30.8 Å². The molecule has 1 rings (SSSR count). The van der Waals surface area contributed by atoms with E-state index in [9.17, 15) is 4.79 Å². The summed E-state index contributed by atoms with van der Waals surface area (Å²) >= 11 is 0. The van der Waals surface area contributed by atoms with Crippen LogP contribution in [0.5, 0.6) is 0 Å². The normalized spacial score (nSPS) is 13.3. The molecule has 0 fully saturated rings. The number of unbranched alkanes of at least 4 members (excludes halogenated alkanes) is 1. The number of alkyl carbamates (subject to hydrolysis) is 1. The van der Waals surface area contributed by atoms with Crippen LogP contribution >= 0.6 is 0 Å². The number of carbonyl (C=O) groups is 1. The second kappa shape index (κ2) is 14.0. The summed E-state index contributed by atoms with van der Waals surface area (Å²) in [7, 11) is 0. The van der Waals surface area contributed by atoms with Gasteiger partial charge in [-0.1, -0.05) is 45.2 Å². The van der Waals surface area contributed by atoms with Gasteiger partial charge in [0.1, 0.15) is 5.60 Å². The molecule has 0 radical (unpaired) electrons. The molecule has 2 N–H and O–H groups in total. The predicted molar refractivity (Wildman–Crippen MR) is 123 cm³/mol. The van der Waals surface area contributed by atoms with Gasteiger partial charge in [0.05, 0.1) is 11.6 Å². The van der Waals surface area contributed by atoms with Crippen LogP contribution in [0.4, 0.5) is 4.79 Å². The standard InChI is InChI=1S/C25H41N3O2/c1-6-8-10-22(9-7-2)19-27-16-15-23(28-24(29)30-25(3,4)5)17-20-11-13-21(18-26)14-12-20/h11-14,22-23,27H,6-10,15-17,19H2,1-5H3,(H,28,29)/t22?,23-/m0/s1. The third-order valence-electron chi connectivity index (χ3n) is 5.05. The fourth-order valence-corrected chi connectivity index (χ4v) is 3.53. The lowest BCUT2D eigenvalue weighted by molar-refractivity contribution is 0.0501. The fourth-order valence-electron chi connectivity index (χ4n) is 3.53. The number of amides is 1. The highest BCUT2D eigenvalue weighted by atomic mass is 16.6. The summed E-state index contributed by atoms with van der Waals surface area (Å²) in [6.45, 7) is 12.0. The first-order valence-electron chi connectivity index (χ1n) is 11.5. The van der Waals surface area contributed by atoms with E-state index in [2.05, 4.69) is 30.6 Å². The zero-order valence-electron chi connectivity index (χ0n) is 19.6. The molecule has 1 aromatic carbocycles. The summed E-state index contributed by atoms with van der Waals surface area (Å²) in [6, 6.07) is 9.67. The molecular weight excluding hydrogens is 374 g/mol. The number of rotatable bonds is 13. The van der Waals surface area contributed by atoms with Crippen molar-refractivity contribution < 1.29 is 9.53 Å². The molecule has 5 heteroatoms. The molecule has 5 nitrogen and oxygen atoms in total. The maximum atomic E-state index is 12.3. The van der Waals surface area contributed by atoms with Crippen molar-refractivity contribution in [2.24, 2.45) is 5.92 Å². The molecule has 2 atom stereocenters. The largest absolute Gasteiger partial charge is 0.444 e. The van der Waals surface area contributed by atoms with Crippen LogP contribution in [0.2, 0.25) is 0 Å². The Morgan fingerprint density at radius 3 is 2.37 bits per heavy atom. The van der Waals surface area contributed by atoms with Crippen molar-refractivity contribution in [3.8, 4) is 6.07 Å². The Kier molecular flexibility index (Phi) is 12.2. The second-order valence-corrected chi connectivity index (χ2v) is 9.15. The molecule has 0 aliphatic carbocycles. The minimum absolute atomic E-state index is 0.0273. The average Bonchev–Trinajstić information content (AvgIpc) is 2.68. The number of carbonyl (C=O) groups excluding carboxylic acids is 1. The number of benzene rings is 1. The van der Waals surface area contributed by atoms with E-state index in [0.29, 0.717) is 12.0 Å². The van der Waals surface area contributed by atoms with Crippen molar-refractivity contribution in [1.29, 1.82) is 5.26 Å². The molecule has 0 aliphatic rings. The Morgan fingerprint density at radius 1 is 1.10 bits per heavy atom. The number of hydrogen-bond donors (Lipinski definition) is 2. The first-order chi connectivity index (χ1) is 14.3. The van der Waals surface area contributed by atoms with E-state index in [0.717, 1.165) is 31.0 Å². The first kappa shape index (κ1) is 26.0. The molecule has 0 bridgehead atoms. The third-order valence-corrected chi connectivity index (χ3v) is 5.05. The van der Waals surface area contributed by atoms with Crippen molar-refractivity contribution in [1.82, 2.24) is 10.6 Å². The Hall–Kier alpha value is -2.06. The SMILES string of the molecule is CCCCC(CCC)CNCC[C@@H](Cc1ccc(C#N)cc1)NC(=O)OC(C)(C)C. The first-order valence-corrected chi connectivity index (χ1v) is 11.5. The van der Waals surface area contributed by atoms with Gasteiger partial charge in [-0.2, -0.15) is 5.26 Å². The summed E-state index contributed by atoms with van der Waals surface area (Å²) in [5, 5.41) is 15.6. The van der Waals surface area contributed by atoms with E-state index in [1.807, 2.05) is 45.0 Å². The molecule has 168 valence electrons. The van der Waals surface area contributed by atoms with E-state index >= 15 is 0 Å². The number of nitrogens with zero attached hydrogens (tertiary/aromatic N) is 1. The number of hydrogen-bond acceptors (Lipinski definition) is 4. The van der Waals surface area contributed by atoms with Gasteiger partial charge in [-0.15, -0.1) is 0 Å². The van der Waals surface area contributed by atoms with Gasteiger partial charge in [-0.05, 0) is 83.2 Å². The molecule has 0 aromatic heterocycles. The highest BCUT2D eigenvalue weighted by molar-refractivity contribution is 5.68. The summed E-state index contributed by atoms with van der Waals surface area (Å²) < 4.78 is 5.45.